The Hall–Kier alpha value is -3.59. The lowest BCUT2D eigenvalue weighted by atomic mass is 10.1. The first kappa shape index (κ1) is 19.2. The molecule has 28 heavy (non-hydrogen) atoms. The van der Waals surface area contributed by atoms with E-state index in [0.29, 0.717) is 30.3 Å². The normalized spacial score (nSPS) is 12.8. The zero-order chi connectivity index (χ0) is 19.9. The zero-order valence-corrected chi connectivity index (χ0v) is 15.6. The van der Waals surface area contributed by atoms with Crippen LogP contribution in [0.15, 0.2) is 55.0 Å². The fraction of sp³-hybridized carbons (Fsp3) is 0.211. The smallest absolute Gasteiger partial charge is 0.294 e. The Labute approximate surface area is 162 Å². The second-order valence-corrected chi connectivity index (χ2v) is 6.13. The monoisotopic (exact) mass is 383 g/mol. The third kappa shape index (κ3) is 4.98. The topological polar surface area (TPSA) is 112 Å². The minimum atomic E-state index is -0.458. The highest BCUT2D eigenvalue weighted by molar-refractivity contribution is 6.03. The van der Waals surface area contributed by atoms with Crippen LogP contribution >= 0.6 is 0 Å². The maximum atomic E-state index is 12.4. The number of nitrogens with two attached hydrogens (primary N) is 1. The van der Waals surface area contributed by atoms with E-state index < -0.39 is 5.91 Å². The Morgan fingerprint density at radius 2 is 2.14 bits per heavy atom. The van der Waals surface area contributed by atoms with Crippen LogP contribution in [-0.4, -0.2) is 48.0 Å². The Morgan fingerprint density at radius 3 is 2.86 bits per heavy atom. The van der Waals surface area contributed by atoms with Crippen molar-refractivity contribution >= 4 is 17.5 Å². The average molecular weight is 383 g/mol. The van der Waals surface area contributed by atoms with E-state index in [1.807, 2.05) is 25.1 Å². The van der Waals surface area contributed by atoms with E-state index >= 15 is 0 Å². The molecule has 0 aliphatic carbocycles. The number of nitrogens with one attached hydrogen (secondary N) is 1. The molecule has 3 N–H and O–H groups in total. The number of benzene rings is 1. The predicted octanol–water partition coefficient (Wildman–Crippen LogP) is 1.96. The highest BCUT2D eigenvalue weighted by atomic mass is 16.5. The quantitative estimate of drug-likeness (QED) is 0.746. The van der Waals surface area contributed by atoms with Crippen LogP contribution in [0.25, 0.3) is 11.3 Å². The minimum Gasteiger partial charge on any atom is -0.490 e. The van der Waals surface area contributed by atoms with Crippen LogP contribution in [0.3, 0.4) is 0 Å². The lowest BCUT2D eigenvalue weighted by Gasteiger charge is -2.16. The zero-order valence-electron chi connectivity index (χ0n) is 15.6. The number of amides is 1. The fourth-order valence-corrected chi connectivity index (χ4v) is 2.33. The lowest BCUT2D eigenvalue weighted by molar-refractivity contribution is -0.115. The first-order chi connectivity index (χ1) is 13.5. The number of hydrogen-bond donors (Lipinski definition) is 2. The number of nitrogens with zero attached hydrogens (tertiary/aromatic N) is 3. The third-order valence-corrected chi connectivity index (χ3v) is 3.72. The molecule has 1 aromatic heterocycles. The molecule has 0 spiro atoms. The summed E-state index contributed by atoms with van der Waals surface area (Å²) < 4.78 is 16.0. The van der Waals surface area contributed by atoms with Crippen molar-refractivity contribution in [1.29, 1.82) is 0 Å². The number of nitrogen functional groups attached to an aromatic ring is 1. The Balaban J connectivity index is 1.84. The summed E-state index contributed by atoms with van der Waals surface area (Å²) in [5, 5.41) is 2.77. The van der Waals surface area contributed by atoms with Gasteiger partial charge < -0.3 is 30.2 Å². The van der Waals surface area contributed by atoms with Gasteiger partial charge in [0, 0.05) is 18.3 Å². The Bertz CT molecular complexity index is 911. The summed E-state index contributed by atoms with van der Waals surface area (Å²) in [6.07, 6.45) is 5.42. The van der Waals surface area contributed by atoms with Crippen molar-refractivity contribution in [2.75, 3.05) is 38.3 Å². The molecule has 0 fully saturated rings. The van der Waals surface area contributed by atoms with E-state index in [-0.39, 0.29) is 11.7 Å². The number of hydrogen-bond acceptors (Lipinski definition) is 8. The van der Waals surface area contributed by atoms with E-state index in [4.69, 9.17) is 19.9 Å². The predicted molar refractivity (Wildman–Crippen MR) is 104 cm³/mol. The van der Waals surface area contributed by atoms with Gasteiger partial charge in [0.05, 0.1) is 11.4 Å². The van der Waals surface area contributed by atoms with Crippen molar-refractivity contribution in [3.05, 3.63) is 55.0 Å². The van der Waals surface area contributed by atoms with Crippen LogP contribution in [0.5, 0.6) is 5.75 Å². The molecule has 1 aromatic carbocycles. The third-order valence-electron chi connectivity index (χ3n) is 3.72. The van der Waals surface area contributed by atoms with Crippen molar-refractivity contribution in [1.82, 2.24) is 14.9 Å². The van der Waals surface area contributed by atoms with Gasteiger partial charge in [-0.1, -0.05) is 6.07 Å². The second-order valence-electron chi connectivity index (χ2n) is 6.13. The summed E-state index contributed by atoms with van der Waals surface area (Å²) in [5.41, 5.74) is 7.60. The number of likely N-dealkylation sites (N-methyl/N-ethyl adjacent to an activating group) is 1. The maximum absolute atomic E-state index is 12.4. The molecule has 1 amide bonds. The number of carbonyl (C=O) groups excluding carboxylic acids is 1. The molecule has 1 aliphatic heterocycles. The molecule has 2 aromatic rings. The van der Waals surface area contributed by atoms with Crippen LogP contribution < -0.4 is 15.8 Å². The molecule has 0 bridgehead atoms. The molecule has 2 heterocycles. The molecule has 9 nitrogen and oxygen atoms in total. The number of anilines is 2. The van der Waals surface area contributed by atoms with E-state index in [0.717, 1.165) is 5.56 Å². The van der Waals surface area contributed by atoms with Crippen LogP contribution in [0.1, 0.15) is 0 Å². The number of carbonyl (C=O) groups is 1. The largest absolute Gasteiger partial charge is 0.490 e. The first-order valence-corrected chi connectivity index (χ1v) is 8.52. The molecule has 0 unspecified atom stereocenters. The SMILES string of the molecule is CN(C)CCOc1cc(-c2ccnc(N)n2)ccc1NC(=O)C1=COC=CO1. The van der Waals surface area contributed by atoms with E-state index in [1.54, 1.807) is 24.4 Å². The number of ether oxygens (including phenoxy) is 3. The molecule has 0 radical (unpaired) electrons. The van der Waals surface area contributed by atoms with Gasteiger partial charge in [0.2, 0.25) is 11.7 Å². The summed E-state index contributed by atoms with van der Waals surface area (Å²) >= 11 is 0. The first-order valence-electron chi connectivity index (χ1n) is 8.52. The lowest BCUT2D eigenvalue weighted by Crippen LogP contribution is -2.21. The molecular weight excluding hydrogens is 362 g/mol. The molecule has 1 aliphatic rings. The van der Waals surface area contributed by atoms with Crippen molar-refractivity contribution in [2.45, 2.75) is 0 Å². The van der Waals surface area contributed by atoms with Gasteiger partial charge in [-0.05, 0) is 32.3 Å². The standard InChI is InChI=1S/C19H21N5O4/c1-24(2)7-8-27-16-11-13(14-5-6-21-19(20)23-14)3-4-15(16)22-18(25)17-12-26-9-10-28-17/h3-6,9-12H,7-8H2,1-2H3,(H,22,25)(H2,20,21,23). The van der Waals surface area contributed by atoms with Crippen molar-refractivity contribution in [3.8, 4) is 17.0 Å². The number of aromatic nitrogens is 2. The van der Waals surface area contributed by atoms with E-state index in [9.17, 15) is 4.79 Å². The van der Waals surface area contributed by atoms with Crippen molar-refractivity contribution in [2.24, 2.45) is 0 Å². The van der Waals surface area contributed by atoms with Gasteiger partial charge in [0.1, 0.15) is 31.1 Å². The van der Waals surface area contributed by atoms with Gasteiger partial charge in [-0.3, -0.25) is 4.79 Å². The van der Waals surface area contributed by atoms with Crippen LogP contribution in [0.4, 0.5) is 11.6 Å². The van der Waals surface area contributed by atoms with Crippen LogP contribution in [0, 0.1) is 0 Å². The summed E-state index contributed by atoms with van der Waals surface area (Å²) in [5.74, 6) is 0.257. The molecule has 9 heteroatoms. The van der Waals surface area contributed by atoms with Gasteiger partial charge in [-0.2, -0.15) is 0 Å². The molecule has 0 atom stereocenters. The van der Waals surface area contributed by atoms with Gasteiger partial charge in [0.25, 0.3) is 5.91 Å². The van der Waals surface area contributed by atoms with Crippen LogP contribution in [-0.2, 0) is 14.3 Å². The van der Waals surface area contributed by atoms with Crippen molar-refractivity contribution in [3.63, 3.8) is 0 Å². The molecular formula is C19H21N5O4. The molecule has 0 saturated heterocycles. The second kappa shape index (κ2) is 8.87. The highest BCUT2D eigenvalue weighted by Gasteiger charge is 2.17. The van der Waals surface area contributed by atoms with Gasteiger partial charge in [0.15, 0.2) is 0 Å². The van der Waals surface area contributed by atoms with Gasteiger partial charge >= 0.3 is 0 Å². The van der Waals surface area contributed by atoms with Gasteiger partial charge in [-0.25, -0.2) is 9.97 Å². The average Bonchev–Trinajstić information content (AvgIpc) is 2.69. The van der Waals surface area contributed by atoms with Crippen molar-refractivity contribution < 1.29 is 19.0 Å². The summed E-state index contributed by atoms with van der Waals surface area (Å²) in [4.78, 5) is 22.5. The summed E-state index contributed by atoms with van der Waals surface area (Å²) in [6.45, 7) is 1.15. The van der Waals surface area contributed by atoms with E-state index in [1.165, 1.54) is 18.8 Å². The van der Waals surface area contributed by atoms with E-state index in [2.05, 4.69) is 15.3 Å². The van der Waals surface area contributed by atoms with Crippen LogP contribution in [0.2, 0.25) is 0 Å². The highest BCUT2D eigenvalue weighted by Crippen LogP contribution is 2.31. The fourth-order valence-electron chi connectivity index (χ4n) is 2.33. The Morgan fingerprint density at radius 1 is 1.29 bits per heavy atom. The summed E-state index contributed by atoms with van der Waals surface area (Å²) in [6, 6.07) is 7.08. The Kier molecular flexibility index (Phi) is 6.07. The maximum Gasteiger partial charge on any atom is 0.294 e. The minimum absolute atomic E-state index is 0.0365. The summed E-state index contributed by atoms with van der Waals surface area (Å²) in [7, 11) is 3.90. The molecule has 0 saturated carbocycles. The molecule has 146 valence electrons. The molecule has 3 rings (SSSR count). The number of rotatable bonds is 7. The van der Waals surface area contributed by atoms with Gasteiger partial charge in [-0.15, -0.1) is 0 Å².